The molecule has 1 saturated heterocycles. The molecule has 3 rings (SSSR count). The van der Waals surface area contributed by atoms with Crippen LogP contribution in [0.5, 0.6) is 0 Å². The Morgan fingerprint density at radius 1 is 1.26 bits per heavy atom. The summed E-state index contributed by atoms with van der Waals surface area (Å²) < 4.78 is 0.890. The second-order valence-electron chi connectivity index (χ2n) is 5.82. The number of hydrogen-bond donors (Lipinski definition) is 1. The van der Waals surface area contributed by atoms with Crippen molar-refractivity contribution in [1.29, 1.82) is 0 Å². The fraction of sp³-hybridized carbons (Fsp3) is 0.733. The van der Waals surface area contributed by atoms with Gasteiger partial charge >= 0.3 is 0 Å². The van der Waals surface area contributed by atoms with E-state index in [1.807, 2.05) is 6.07 Å². The van der Waals surface area contributed by atoms with Crippen LogP contribution in [0.4, 0.5) is 0 Å². The summed E-state index contributed by atoms with van der Waals surface area (Å²) in [6.45, 7) is 4.58. The summed E-state index contributed by atoms with van der Waals surface area (Å²) in [4.78, 5) is 4.07. The summed E-state index contributed by atoms with van der Waals surface area (Å²) in [6.07, 6.45) is 7.24. The molecule has 106 valence electrons. The molecule has 1 saturated carbocycles. The number of fused-ring (bicyclic) bond motifs is 1. The predicted molar refractivity (Wildman–Crippen MR) is 83.0 cm³/mol. The molecule has 2 heterocycles. The van der Waals surface area contributed by atoms with Crippen molar-refractivity contribution in [3.05, 3.63) is 21.3 Å². The van der Waals surface area contributed by atoms with E-state index in [2.05, 4.69) is 16.3 Å². The summed E-state index contributed by atoms with van der Waals surface area (Å²) in [5.41, 5.74) is 0. The van der Waals surface area contributed by atoms with Gasteiger partial charge in [-0.2, -0.15) is 0 Å². The van der Waals surface area contributed by atoms with Crippen LogP contribution in [0.2, 0.25) is 4.34 Å². The van der Waals surface area contributed by atoms with Crippen molar-refractivity contribution >= 4 is 22.9 Å². The Bertz CT molecular complexity index is 407. The molecule has 1 aliphatic heterocycles. The van der Waals surface area contributed by atoms with Crippen LogP contribution >= 0.6 is 22.9 Å². The Balaban J connectivity index is 1.39. The molecule has 4 heteroatoms. The van der Waals surface area contributed by atoms with Gasteiger partial charge in [-0.3, -0.25) is 4.90 Å². The smallest absolute Gasteiger partial charge is 0.0931 e. The highest BCUT2D eigenvalue weighted by molar-refractivity contribution is 7.16. The normalized spacial score (nSPS) is 27.6. The molecule has 2 aliphatic rings. The van der Waals surface area contributed by atoms with Gasteiger partial charge in [-0.15, -0.1) is 11.3 Å². The van der Waals surface area contributed by atoms with Crippen molar-refractivity contribution in [2.45, 2.75) is 44.7 Å². The van der Waals surface area contributed by atoms with Gasteiger partial charge in [0.15, 0.2) is 0 Å². The summed E-state index contributed by atoms with van der Waals surface area (Å²) in [5, 5.41) is 3.55. The first kappa shape index (κ1) is 13.9. The minimum atomic E-state index is 0.890. The first-order valence-corrected chi connectivity index (χ1v) is 8.71. The highest BCUT2D eigenvalue weighted by Gasteiger charge is 2.34. The maximum absolute atomic E-state index is 5.94. The predicted octanol–water partition coefficient (Wildman–Crippen LogP) is 3.76. The number of halogens is 1. The maximum Gasteiger partial charge on any atom is 0.0931 e. The van der Waals surface area contributed by atoms with Crippen LogP contribution in [0.25, 0.3) is 0 Å². The number of nitrogens with zero attached hydrogens (tertiary/aromatic N) is 1. The van der Waals surface area contributed by atoms with Gasteiger partial charge in [0.25, 0.3) is 0 Å². The largest absolute Gasteiger partial charge is 0.311 e. The molecule has 1 aromatic heterocycles. The molecule has 2 fully saturated rings. The number of thiophene rings is 1. The second kappa shape index (κ2) is 6.57. The second-order valence-corrected chi connectivity index (χ2v) is 7.62. The lowest BCUT2D eigenvalue weighted by Gasteiger charge is -2.37. The third-order valence-electron chi connectivity index (χ3n) is 4.61. The minimum absolute atomic E-state index is 0.890. The Labute approximate surface area is 125 Å². The molecule has 1 N–H and O–H groups in total. The average Bonchev–Trinajstić information content (AvgIpc) is 3.03. The lowest BCUT2D eigenvalue weighted by molar-refractivity contribution is 0.114. The molecule has 2 atom stereocenters. The standard InChI is InChI=1S/C15H23ClN2S/c16-15-7-6-13(19-15)11-17-8-10-18-9-2-4-12-3-1-5-14(12)18/h6-7,12,14,17H,1-5,8-11H2. The monoisotopic (exact) mass is 298 g/mol. The molecular weight excluding hydrogens is 276 g/mol. The Morgan fingerprint density at radius 3 is 3.00 bits per heavy atom. The molecule has 1 aliphatic carbocycles. The van der Waals surface area contributed by atoms with Crippen LogP contribution in [0.3, 0.4) is 0 Å². The molecular formula is C15H23ClN2S. The number of hydrogen-bond acceptors (Lipinski definition) is 3. The molecule has 0 spiro atoms. The number of nitrogens with one attached hydrogen (secondary N) is 1. The molecule has 2 unspecified atom stereocenters. The van der Waals surface area contributed by atoms with E-state index in [1.54, 1.807) is 11.3 Å². The topological polar surface area (TPSA) is 15.3 Å². The van der Waals surface area contributed by atoms with Gasteiger partial charge in [0.05, 0.1) is 4.34 Å². The van der Waals surface area contributed by atoms with Crippen LogP contribution in [-0.4, -0.2) is 30.6 Å². The summed E-state index contributed by atoms with van der Waals surface area (Å²) in [7, 11) is 0. The van der Waals surface area contributed by atoms with Crippen molar-refractivity contribution in [3.63, 3.8) is 0 Å². The van der Waals surface area contributed by atoms with Crippen molar-refractivity contribution in [1.82, 2.24) is 10.2 Å². The van der Waals surface area contributed by atoms with Crippen LogP contribution < -0.4 is 5.32 Å². The molecule has 2 nitrogen and oxygen atoms in total. The van der Waals surface area contributed by atoms with Crippen molar-refractivity contribution in [3.8, 4) is 0 Å². The Morgan fingerprint density at radius 2 is 2.16 bits per heavy atom. The number of piperidine rings is 1. The minimum Gasteiger partial charge on any atom is -0.311 e. The molecule has 0 radical (unpaired) electrons. The van der Waals surface area contributed by atoms with Crippen molar-refractivity contribution in [2.24, 2.45) is 5.92 Å². The van der Waals surface area contributed by atoms with E-state index in [4.69, 9.17) is 11.6 Å². The zero-order valence-corrected chi connectivity index (χ0v) is 13.0. The van der Waals surface area contributed by atoms with E-state index in [9.17, 15) is 0 Å². The van der Waals surface area contributed by atoms with Gasteiger partial charge in [0.1, 0.15) is 0 Å². The van der Waals surface area contributed by atoms with E-state index in [1.165, 1.54) is 50.1 Å². The van der Waals surface area contributed by atoms with E-state index in [0.29, 0.717) is 0 Å². The van der Waals surface area contributed by atoms with E-state index < -0.39 is 0 Å². The SMILES string of the molecule is Clc1ccc(CNCCN2CCCC3CCCC32)s1. The van der Waals surface area contributed by atoms with Gasteiger partial charge < -0.3 is 5.32 Å². The highest BCUT2D eigenvalue weighted by Crippen LogP contribution is 2.36. The average molecular weight is 299 g/mol. The van der Waals surface area contributed by atoms with Crippen LogP contribution in [-0.2, 0) is 6.54 Å². The van der Waals surface area contributed by atoms with Gasteiger partial charge in [0.2, 0.25) is 0 Å². The lowest BCUT2D eigenvalue weighted by atomic mass is 9.92. The third-order valence-corrected chi connectivity index (χ3v) is 5.84. The first-order valence-electron chi connectivity index (χ1n) is 7.52. The van der Waals surface area contributed by atoms with E-state index in [-0.39, 0.29) is 0 Å². The van der Waals surface area contributed by atoms with Crippen molar-refractivity contribution < 1.29 is 0 Å². The fourth-order valence-electron chi connectivity index (χ4n) is 3.72. The maximum atomic E-state index is 5.94. The van der Waals surface area contributed by atoms with Crippen LogP contribution in [0.15, 0.2) is 12.1 Å². The Kier molecular flexibility index (Phi) is 4.80. The molecule has 0 aromatic carbocycles. The zero-order chi connectivity index (χ0) is 13.1. The fourth-order valence-corrected chi connectivity index (χ4v) is 4.77. The summed E-state index contributed by atoms with van der Waals surface area (Å²) >= 11 is 7.62. The van der Waals surface area contributed by atoms with Gasteiger partial charge in [0, 0.05) is 30.6 Å². The molecule has 0 bridgehead atoms. The van der Waals surface area contributed by atoms with Gasteiger partial charge in [-0.05, 0) is 50.3 Å². The Hall–Kier alpha value is -0.0900. The van der Waals surface area contributed by atoms with E-state index >= 15 is 0 Å². The summed E-state index contributed by atoms with van der Waals surface area (Å²) in [5.74, 6) is 1.00. The molecule has 0 amide bonds. The first-order chi connectivity index (χ1) is 9.33. The highest BCUT2D eigenvalue weighted by atomic mass is 35.5. The van der Waals surface area contributed by atoms with Gasteiger partial charge in [-0.25, -0.2) is 0 Å². The quantitative estimate of drug-likeness (QED) is 0.833. The lowest BCUT2D eigenvalue weighted by Crippen LogP contribution is -2.45. The van der Waals surface area contributed by atoms with E-state index in [0.717, 1.165) is 29.4 Å². The van der Waals surface area contributed by atoms with Crippen molar-refractivity contribution in [2.75, 3.05) is 19.6 Å². The third kappa shape index (κ3) is 3.52. The van der Waals surface area contributed by atoms with Crippen LogP contribution in [0.1, 0.15) is 37.0 Å². The molecule has 1 aromatic rings. The van der Waals surface area contributed by atoms with Gasteiger partial charge in [-0.1, -0.05) is 18.0 Å². The zero-order valence-electron chi connectivity index (χ0n) is 11.4. The molecule has 19 heavy (non-hydrogen) atoms. The number of likely N-dealkylation sites (tertiary alicyclic amines) is 1. The van der Waals surface area contributed by atoms with Crippen LogP contribution in [0, 0.1) is 5.92 Å². The number of rotatable bonds is 5. The summed E-state index contributed by atoms with van der Waals surface area (Å²) in [6, 6.07) is 5.00.